The van der Waals surface area contributed by atoms with Crippen molar-refractivity contribution in [3.05, 3.63) is 30.2 Å². The standard InChI is InChI=1S/C8H5F3N2/c9-8(10,11)6-4-12-3-5-1-2-13-7(5)6/h1-4,13H. The molecule has 2 rings (SSSR count). The van der Waals surface area contributed by atoms with Crippen LogP contribution in [-0.4, -0.2) is 9.97 Å². The molecule has 0 saturated heterocycles. The Bertz CT molecular complexity index is 430. The van der Waals surface area contributed by atoms with Crippen molar-refractivity contribution in [3.63, 3.8) is 0 Å². The van der Waals surface area contributed by atoms with E-state index in [9.17, 15) is 13.2 Å². The first kappa shape index (κ1) is 8.10. The fourth-order valence-corrected chi connectivity index (χ4v) is 1.19. The van der Waals surface area contributed by atoms with Crippen molar-refractivity contribution in [2.24, 2.45) is 0 Å². The second-order valence-corrected chi connectivity index (χ2v) is 2.63. The lowest BCUT2D eigenvalue weighted by Gasteiger charge is -2.06. The second kappa shape index (κ2) is 2.48. The molecule has 0 fully saturated rings. The lowest BCUT2D eigenvalue weighted by Crippen LogP contribution is -2.06. The predicted octanol–water partition coefficient (Wildman–Crippen LogP) is 2.58. The van der Waals surface area contributed by atoms with Gasteiger partial charge in [-0.2, -0.15) is 13.2 Å². The molecule has 0 radical (unpaired) electrons. The van der Waals surface area contributed by atoms with Crippen LogP contribution in [-0.2, 0) is 6.18 Å². The van der Waals surface area contributed by atoms with E-state index in [1.807, 2.05) is 0 Å². The molecule has 2 aromatic heterocycles. The van der Waals surface area contributed by atoms with Gasteiger partial charge in [-0.25, -0.2) is 0 Å². The molecule has 0 saturated carbocycles. The highest BCUT2D eigenvalue weighted by atomic mass is 19.4. The molecule has 68 valence electrons. The number of pyridine rings is 1. The largest absolute Gasteiger partial charge is 0.419 e. The van der Waals surface area contributed by atoms with Crippen molar-refractivity contribution in [2.45, 2.75) is 6.18 Å². The number of aromatic amines is 1. The van der Waals surface area contributed by atoms with E-state index >= 15 is 0 Å². The summed E-state index contributed by atoms with van der Waals surface area (Å²) < 4.78 is 37.0. The van der Waals surface area contributed by atoms with Gasteiger partial charge in [0.1, 0.15) is 0 Å². The summed E-state index contributed by atoms with van der Waals surface area (Å²) in [6, 6.07) is 1.55. The third-order valence-electron chi connectivity index (χ3n) is 1.77. The Hall–Kier alpha value is -1.52. The molecule has 0 unspecified atom stereocenters. The van der Waals surface area contributed by atoms with E-state index in [1.54, 1.807) is 6.07 Å². The minimum absolute atomic E-state index is 0.0856. The van der Waals surface area contributed by atoms with Crippen LogP contribution in [0.3, 0.4) is 0 Å². The van der Waals surface area contributed by atoms with Crippen LogP contribution in [0.1, 0.15) is 5.56 Å². The minimum atomic E-state index is -4.35. The zero-order valence-electron chi connectivity index (χ0n) is 6.39. The maximum absolute atomic E-state index is 12.3. The first-order valence-corrected chi connectivity index (χ1v) is 3.57. The molecule has 1 N–H and O–H groups in total. The van der Waals surface area contributed by atoms with Gasteiger partial charge in [0.15, 0.2) is 0 Å². The van der Waals surface area contributed by atoms with E-state index in [0.717, 1.165) is 6.20 Å². The highest BCUT2D eigenvalue weighted by molar-refractivity contribution is 5.81. The van der Waals surface area contributed by atoms with E-state index in [4.69, 9.17) is 0 Å². The van der Waals surface area contributed by atoms with Crippen LogP contribution in [0.25, 0.3) is 10.9 Å². The van der Waals surface area contributed by atoms with Gasteiger partial charge in [-0.15, -0.1) is 0 Å². The van der Waals surface area contributed by atoms with Gasteiger partial charge in [0.05, 0.1) is 11.1 Å². The fraction of sp³-hybridized carbons (Fsp3) is 0.125. The maximum atomic E-state index is 12.3. The summed E-state index contributed by atoms with van der Waals surface area (Å²) in [6.07, 6.45) is -0.682. The molecule has 5 heteroatoms. The molecule has 0 aromatic carbocycles. The summed E-state index contributed by atoms with van der Waals surface area (Å²) in [6.45, 7) is 0. The quantitative estimate of drug-likeness (QED) is 0.673. The molecule has 0 bridgehead atoms. The molecule has 13 heavy (non-hydrogen) atoms. The Morgan fingerprint density at radius 1 is 1.23 bits per heavy atom. The summed E-state index contributed by atoms with van der Waals surface area (Å²) in [5.74, 6) is 0. The smallest absolute Gasteiger partial charge is 0.361 e. The number of hydrogen-bond acceptors (Lipinski definition) is 1. The third kappa shape index (κ3) is 1.26. The molecule has 0 aliphatic rings. The Morgan fingerprint density at radius 3 is 2.69 bits per heavy atom. The van der Waals surface area contributed by atoms with Crippen molar-refractivity contribution >= 4 is 10.9 Å². The average molecular weight is 186 g/mol. The molecule has 2 heterocycles. The lowest BCUT2D eigenvalue weighted by molar-refractivity contribution is -0.136. The minimum Gasteiger partial charge on any atom is -0.361 e. The highest BCUT2D eigenvalue weighted by Crippen LogP contribution is 2.32. The first-order valence-electron chi connectivity index (χ1n) is 3.57. The van der Waals surface area contributed by atoms with Crippen LogP contribution in [0.5, 0.6) is 0 Å². The van der Waals surface area contributed by atoms with Crippen LogP contribution in [0.15, 0.2) is 24.7 Å². The van der Waals surface area contributed by atoms with Crippen molar-refractivity contribution in [1.29, 1.82) is 0 Å². The van der Waals surface area contributed by atoms with Crippen LogP contribution < -0.4 is 0 Å². The van der Waals surface area contributed by atoms with Gasteiger partial charge in [0, 0.05) is 24.0 Å². The third-order valence-corrected chi connectivity index (χ3v) is 1.77. The molecule has 0 amide bonds. The van der Waals surface area contributed by atoms with Crippen molar-refractivity contribution < 1.29 is 13.2 Å². The zero-order chi connectivity index (χ0) is 9.47. The van der Waals surface area contributed by atoms with Crippen molar-refractivity contribution in [1.82, 2.24) is 9.97 Å². The van der Waals surface area contributed by atoms with Crippen molar-refractivity contribution in [2.75, 3.05) is 0 Å². The number of fused-ring (bicyclic) bond motifs is 1. The highest BCUT2D eigenvalue weighted by Gasteiger charge is 2.33. The summed E-state index contributed by atoms with van der Waals surface area (Å²) in [5, 5.41) is 0.467. The Kier molecular flexibility index (Phi) is 1.55. The van der Waals surface area contributed by atoms with Gasteiger partial charge in [-0.1, -0.05) is 0 Å². The van der Waals surface area contributed by atoms with Crippen LogP contribution >= 0.6 is 0 Å². The Balaban J connectivity index is 2.75. The van der Waals surface area contributed by atoms with E-state index < -0.39 is 11.7 Å². The molecule has 0 aliphatic carbocycles. The van der Waals surface area contributed by atoms with E-state index in [0.29, 0.717) is 5.39 Å². The number of alkyl halides is 3. The van der Waals surface area contributed by atoms with Gasteiger partial charge < -0.3 is 4.98 Å². The lowest BCUT2D eigenvalue weighted by atomic mass is 10.2. The molecule has 2 aromatic rings. The number of nitrogens with one attached hydrogen (secondary N) is 1. The molecule has 2 nitrogen and oxygen atoms in total. The van der Waals surface area contributed by atoms with Gasteiger partial charge in [0.25, 0.3) is 0 Å². The van der Waals surface area contributed by atoms with Gasteiger partial charge >= 0.3 is 6.18 Å². The summed E-state index contributed by atoms with van der Waals surface area (Å²) in [7, 11) is 0. The predicted molar refractivity (Wildman–Crippen MR) is 41.1 cm³/mol. The molecule has 0 aliphatic heterocycles. The second-order valence-electron chi connectivity index (χ2n) is 2.63. The maximum Gasteiger partial charge on any atom is 0.419 e. The van der Waals surface area contributed by atoms with Crippen LogP contribution in [0, 0.1) is 0 Å². The van der Waals surface area contributed by atoms with Crippen LogP contribution in [0.4, 0.5) is 13.2 Å². The average Bonchev–Trinajstić information content (AvgIpc) is 2.48. The van der Waals surface area contributed by atoms with E-state index in [-0.39, 0.29) is 5.52 Å². The van der Waals surface area contributed by atoms with E-state index in [2.05, 4.69) is 9.97 Å². The molecule has 0 spiro atoms. The first-order chi connectivity index (χ1) is 6.09. The number of halogens is 3. The summed E-state index contributed by atoms with van der Waals surface area (Å²) in [5.41, 5.74) is -0.641. The molecular weight excluding hydrogens is 181 g/mol. The fourth-order valence-electron chi connectivity index (χ4n) is 1.19. The number of aromatic nitrogens is 2. The number of hydrogen-bond donors (Lipinski definition) is 1. The van der Waals surface area contributed by atoms with Crippen LogP contribution in [0.2, 0.25) is 0 Å². The van der Waals surface area contributed by atoms with Gasteiger partial charge in [-0.05, 0) is 6.07 Å². The molecular formula is C8H5F3N2. The number of rotatable bonds is 0. The number of nitrogens with zero attached hydrogens (tertiary/aromatic N) is 1. The number of H-pyrrole nitrogens is 1. The molecule has 0 atom stereocenters. The zero-order valence-corrected chi connectivity index (χ0v) is 6.39. The van der Waals surface area contributed by atoms with Gasteiger partial charge in [-0.3, -0.25) is 4.98 Å². The normalized spacial score (nSPS) is 12.2. The van der Waals surface area contributed by atoms with E-state index in [1.165, 1.54) is 12.4 Å². The summed E-state index contributed by atoms with van der Waals surface area (Å²) in [4.78, 5) is 6.05. The summed E-state index contributed by atoms with van der Waals surface area (Å²) >= 11 is 0. The Morgan fingerprint density at radius 2 is 2.00 bits per heavy atom. The topological polar surface area (TPSA) is 28.7 Å². The van der Waals surface area contributed by atoms with Crippen molar-refractivity contribution in [3.8, 4) is 0 Å². The van der Waals surface area contributed by atoms with Gasteiger partial charge in [0.2, 0.25) is 0 Å². The SMILES string of the molecule is FC(F)(F)c1cncc2cc[nH]c12. The monoisotopic (exact) mass is 186 g/mol. The Labute approximate surface area is 71.4 Å².